The van der Waals surface area contributed by atoms with Crippen LogP contribution in [0.25, 0.3) is 16.0 Å². The fourth-order valence-corrected chi connectivity index (χ4v) is 4.92. The Morgan fingerprint density at radius 1 is 1.09 bits per heavy atom. The highest BCUT2D eigenvalue weighted by molar-refractivity contribution is 6.43. The minimum atomic E-state index is -0.442. The number of nitrogens with two attached hydrogens (primary N) is 2. The minimum absolute atomic E-state index is 0.137. The molecule has 2 aliphatic rings. The molecule has 0 unspecified atom stereocenters. The quantitative estimate of drug-likeness (QED) is 0.515. The summed E-state index contributed by atoms with van der Waals surface area (Å²) >= 11 is 12.5. The number of fused-ring (bicyclic) bond motifs is 1. The molecule has 3 aromatic rings. The van der Waals surface area contributed by atoms with Crippen molar-refractivity contribution in [1.29, 1.82) is 0 Å². The average Bonchev–Trinajstić information content (AvgIpc) is 3.07. The Balaban J connectivity index is 1.42. The number of para-hydroxylation sites is 1. The van der Waals surface area contributed by atoms with Crippen LogP contribution >= 0.6 is 23.2 Å². The molecule has 0 aliphatic carbocycles. The van der Waals surface area contributed by atoms with Crippen molar-refractivity contribution in [2.75, 3.05) is 23.7 Å². The first-order chi connectivity index (χ1) is 15.4. The van der Waals surface area contributed by atoms with Crippen molar-refractivity contribution in [3.05, 3.63) is 69.5 Å². The highest BCUT2D eigenvalue weighted by Crippen LogP contribution is 2.47. The van der Waals surface area contributed by atoms with Crippen LogP contribution in [0.5, 0.6) is 5.75 Å². The van der Waals surface area contributed by atoms with Crippen molar-refractivity contribution in [3.8, 4) is 16.9 Å². The van der Waals surface area contributed by atoms with E-state index in [1.807, 2.05) is 29.2 Å². The van der Waals surface area contributed by atoms with Gasteiger partial charge in [-0.3, -0.25) is 0 Å². The zero-order valence-electron chi connectivity index (χ0n) is 17.1. The highest BCUT2D eigenvalue weighted by atomic mass is 35.5. The van der Waals surface area contributed by atoms with Gasteiger partial charge in [0.2, 0.25) is 0 Å². The van der Waals surface area contributed by atoms with Crippen molar-refractivity contribution in [2.45, 2.75) is 24.5 Å². The van der Waals surface area contributed by atoms with Gasteiger partial charge in [0, 0.05) is 31.5 Å². The lowest BCUT2D eigenvalue weighted by Gasteiger charge is -2.40. The fraction of sp³-hybridized carbons (Fsp3) is 0.261. The van der Waals surface area contributed by atoms with Gasteiger partial charge in [-0.15, -0.1) is 0 Å². The molecule has 5 rings (SSSR count). The SMILES string of the molecule is [C-]#[N+]c1nc(N2CCC3(CC2)Oc2ccccc2[C@H]3N)nc(N)c1-c1cccc(Cl)c1Cl. The summed E-state index contributed by atoms with van der Waals surface area (Å²) in [6, 6.07) is 12.9. The van der Waals surface area contributed by atoms with Crippen molar-refractivity contribution < 1.29 is 4.74 Å². The van der Waals surface area contributed by atoms with Crippen LogP contribution < -0.4 is 21.1 Å². The molecular formula is C23H20Cl2N6O. The number of ether oxygens (including phenoxy) is 1. The van der Waals surface area contributed by atoms with Crippen molar-refractivity contribution >= 4 is 40.8 Å². The summed E-state index contributed by atoms with van der Waals surface area (Å²) in [4.78, 5) is 14.6. The molecule has 7 nitrogen and oxygen atoms in total. The van der Waals surface area contributed by atoms with E-state index in [0.717, 1.165) is 11.3 Å². The number of nitrogens with zero attached hydrogens (tertiary/aromatic N) is 4. The number of hydrogen-bond donors (Lipinski definition) is 2. The molecule has 4 N–H and O–H groups in total. The monoisotopic (exact) mass is 466 g/mol. The summed E-state index contributed by atoms with van der Waals surface area (Å²) in [6.07, 6.45) is 1.42. The molecule has 3 heterocycles. The third-order valence-electron chi connectivity index (χ3n) is 6.26. The van der Waals surface area contributed by atoms with E-state index in [-0.39, 0.29) is 17.7 Å². The zero-order valence-corrected chi connectivity index (χ0v) is 18.6. The van der Waals surface area contributed by atoms with Crippen LogP contribution in [0.4, 0.5) is 17.6 Å². The van der Waals surface area contributed by atoms with Gasteiger partial charge in [0.25, 0.3) is 5.82 Å². The average molecular weight is 467 g/mol. The summed E-state index contributed by atoms with van der Waals surface area (Å²) < 4.78 is 6.31. The van der Waals surface area contributed by atoms with E-state index in [1.165, 1.54) is 0 Å². The molecule has 0 saturated carbocycles. The molecule has 0 radical (unpaired) electrons. The van der Waals surface area contributed by atoms with Gasteiger partial charge in [0.15, 0.2) is 0 Å². The van der Waals surface area contributed by atoms with Crippen LogP contribution in [0, 0.1) is 6.57 Å². The van der Waals surface area contributed by atoms with Crippen LogP contribution in [0.3, 0.4) is 0 Å². The highest BCUT2D eigenvalue weighted by Gasteiger charge is 2.48. The second-order valence-corrected chi connectivity index (χ2v) is 8.78. The molecule has 1 spiro atoms. The first-order valence-electron chi connectivity index (χ1n) is 10.2. The topological polar surface area (TPSA) is 94.6 Å². The molecule has 2 aliphatic heterocycles. The van der Waals surface area contributed by atoms with Crippen molar-refractivity contribution in [1.82, 2.24) is 9.97 Å². The summed E-state index contributed by atoms with van der Waals surface area (Å²) in [5.74, 6) is 1.59. The van der Waals surface area contributed by atoms with Gasteiger partial charge in [-0.1, -0.05) is 65.1 Å². The number of aromatic nitrogens is 2. The van der Waals surface area contributed by atoms with E-state index in [9.17, 15) is 0 Å². The number of benzene rings is 2. The molecule has 1 fully saturated rings. The molecule has 1 saturated heterocycles. The zero-order chi connectivity index (χ0) is 22.5. The third-order valence-corrected chi connectivity index (χ3v) is 7.08. The minimum Gasteiger partial charge on any atom is -0.485 e. The fourth-order valence-electron chi connectivity index (χ4n) is 4.53. The number of hydrogen-bond acceptors (Lipinski definition) is 6. The van der Waals surface area contributed by atoms with E-state index in [2.05, 4.69) is 14.8 Å². The van der Waals surface area contributed by atoms with Crippen LogP contribution in [-0.2, 0) is 0 Å². The second-order valence-electron chi connectivity index (χ2n) is 7.99. The summed E-state index contributed by atoms with van der Waals surface area (Å²) in [5.41, 5.74) is 14.4. The Morgan fingerprint density at radius 3 is 2.56 bits per heavy atom. The Labute approximate surface area is 195 Å². The summed E-state index contributed by atoms with van der Waals surface area (Å²) in [6.45, 7) is 8.91. The Kier molecular flexibility index (Phi) is 5.09. The first-order valence-corrected chi connectivity index (χ1v) is 11.0. The largest absolute Gasteiger partial charge is 0.485 e. The van der Waals surface area contributed by atoms with Crippen molar-refractivity contribution in [2.24, 2.45) is 5.73 Å². The maximum Gasteiger partial charge on any atom is 0.324 e. The van der Waals surface area contributed by atoms with Gasteiger partial charge < -0.3 is 25.9 Å². The van der Waals surface area contributed by atoms with Crippen LogP contribution in [-0.4, -0.2) is 28.7 Å². The maximum absolute atomic E-state index is 7.65. The molecule has 0 amide bonds. The molecule has 9 heteroatoms. The van der Waals surface area contributed by atoms with Crippen LogP contribution in [0.15, 0.2) is 42.5 Å². The van der Waals surface area contributed by atoms with E-state index in [1.54, 1.807) is 18.2 Å². The lowest BCUT2D eigenvalue weighted by Crippen LogP contribution is -2.51. The van der Waals surface area contributed by atoms with Crippen molar-refractivity contribution in [3.63, 3.8) is 0 Å². The van der Waals surface area contributed by atoms with E-state index < -0.39 is 5.60 Å². The molecule has 1 aromatic heterocycles. The van der Waals surface area contributed by atoms with Gasteiger partial charge in [-0.25, -0.2) is 0 Å². The third kappa shape index (κ3) is 3.23. The van der Waals surface area contributed by atoms with Crippen LogP contribution in [0.1, 0.15) is 24.4 Å². The van der Waals surface area contributed by atoms with E-state index in [0.29, 0.717) is 53.1 Å². The summed E-state index contributed by atoms with van der Waals surface area (Å²) in [7, 11) is 0. The standard InChI is InChI=1S/C23H20Cl2N6O/c1-28-21-17(14-6-4-7-15(24)18(14)25)20(27)29-22(30-21)31-11-9-23(10-12-31)19(26)13-5-2-3-8-16(13)32-23/h2-8,19H,9-12,26H2,(H2,27,29,30)/t19-/m1/s1. The molecule has 162 valence electrons. The molecule has 32 heavy (non-hydrogen) atoms. The molecular weight excluding hydrogens is 447 g/mol. The molecule has 1 atom stereocenters. The van der Waals surface area contributed by atoms with Gasteiger partial charge in [-0.05, 0) is 17.7 Å². The van der Waals surface area contributed by atoms with Crippen LogP contribution in [0.2, 0.25) is 10.0 Å². The number of anilines is 2. The van der Waals surface area contributed by atoms with E-state index in [4.69, 9.17) is 46.0 Å². The first kappa shape index (κ1) is 20.8. The number of nitrogen functional groups attached to an aromatic ring is 1. The Bertz CT molecular complexity index is 1250. The van der Waals surface area contributed by atoms with Gasteiger partial charge in [0.05, 0.1) is 21.7 Å². The second kappa shape index (κ2) is 7.82. The predicted molar refractivity (Wildman–Crippen MR) is 126 cm³/mol. The Morgan fingerprint density at radius 2 is 1.84 bits per heavy atom. The lowest BCUT2D eigenvalue weighted by molar-refractivity contribution is 0.0429. The molecule has 0 bridgehead atoms. The maximum atomic E-state index is 7.65. The van der Waals surface area contributed by atoms with Gasteiger partial charge in [0.1, 0.15) is 17.2 Å². The summed E-state index contributed by atoms with van der Waals surface area (Å²) in [5, 5.41) is 0.688. The number of halogens is 2. The van der Waals surface area contributed by atoms with E-state index >= 15 is 0 Å². The Hall–Kier alpha value is -3.05. The lowest BCUT2D eigenvalue weighted by atomic mass is 9.83. The number of rotatable bonds is 2. The normalized spacial score (nSPS) is 18.8. The predicted octanol–water partition coefficient (Wildman–Crippen LogP) is 5.01. The molecule has 2 aromatic carbocycles. The van der Waals surface area contributed by atoms with Gasteiger partial charge >= 0.3 is 5.95 Å². The number of piperidine rings is 1. The smallest absolute Gasteiger partial charge is 0.324 e. The van der Waals surface area contributed by atoms with Gasteiger partial charge in [-0.2, -0.15) is 4.98 Å².